The van der Waals surface area contributed by atoms with E-state index in [9.17, 15) is 9.90 Å². The van der Waals surface area contributed by atoms with Crippen molar-refractivity contribution in [1.29, 1.82) is 0 Å². The zero-order valence-electron chi connectivity index (χ0n) is 17.8. The molecule has 0 aromatic heterocycles. The van der Waals surface area contributed by atoms with E-state index in [1.807, 2.05) is 32.6 Å². The molecule has 1 fully saturated rings. The molecule has 0 aliphatic carbocycles. The molecule has 1 rings (SSSR count). The van der Waals surface area contributed by atoms with Gasteiger partial charge in [-0.1, -0.05) is 57.8 Å². The quantitative estimate of drug-likeness (QED) is 0.425. The second-order valence-corrected chi connectivity index (χ2v) is 9.08. The fourth-order valence-electron chi connectivity index (χ4n) is 3.75. The summed E-state index contributed by atoms with van der Waals surface area (Å²) in [4.78, 5) is 14.2. The topological polar surface area (TPSA) is 49.8 Å². The Hall–Kier alpha value is -0.770. The van der Waals surface area contributed by atoms with Gasteiger partial charge in [0.25, 0.3) is 0 Å². The SMILES string of the molecule is C[C@H](O)CCCCCCCCCCC[C@H]1CCCN1C(=O)OC(C)(C)C. The van der Waals surface area contributed by atoms with Gasteiger partial charge in [-0.05, 0) is 53.4 Å². The van der Waals surface area contributed by atoms with E-state index < -0.39 is 5.60 Å². The van der Waals surface area contributed by atoms with E-state index in [0.717, 1.165) is 38.6 Å². The molecule has 154 valence electrons. The maximum absolute atomic E-state index is 12.3. The number of amides is 1. The number of carbonyl (C=O) groups is 1. The summed E-state index contributed by atoms with van der Waals surface area (Å²) in [6, 6.07) is 0.388. The smallest absolute Gasteiger partial charge is 0.410 e. The molecule has 1 aliphatic rings. The molecule has 1 saturated heterocycles. The Labute approximate surface area is 161 Å². The van der Waals surface area contributed by atoms with Crippen LogP contribution in [0, 0.1) is 0 Å². The van der Waals surface area contributed by atoms with Crippen molar-refractivity contribution in [3.8, 4) is 0 Å². The van der Waals surface area contributed by atoms with Crippen LogP contribution in [0.15, 0.2) is 0 Å². The first-order chi connectivity index (χ1) is 12.3. The minimum atomic E-state index is -0.402. The minimum absolute atomic E-state index is 0.129. The summed E-state index contributed by atoms with van der Waals surface area (Å²) in [5, 5.41) is 9.22. The van der Waals surface area contributed by atoms with Crippen molar-refractivity contribution in [2.24, 2.45) is 0 Å². The Morgan fingerprint density at radius 2 is 1.58 bits per heavy atom. The van der Waals surface area contributed by atoms with E-state index in [1.54, 1.807) is 0 Å². The molecule has 2 atom stereocenters. The van der Waals surface area contributed by atoms with E-state index >= 15 is 0 Å². The van der Waals surface area contributed by atoms with Crippen LogP contribution in [0.4, 0.5) is 4.79 Å². The molecule has 0 saturated carbocycles. The zero-order valence-corrected chi connectivity index (χ0v) is 17.8. The van der Waals surface area contributed by atoms with Gasteiger partial charge in [-0.3, -0.25) is 0 Å². The van der Waals surface area contributed by atoms with Crippen LogP contribution in [0.2, 0.25) is 0 Å². The summed E-state index contributed by atoms with van der Waals surface area (Å²) in [5.74, 6) is 0. The van der Waals surface area contributed by atoms with Gasteiger partial charge in [0.1, 0.15) is 5.60 Å². The molecule has 0 spiro atoms. The Balaban J connectivity index is 2.01. The summed E-state index contributed by atoms with van der Waals surface area (Å²) >= 11 is 0. The summed E-state index contributed by atoms with van der Waals surface area (Å²) in [5.41, 5.74) is -0.402. The molecule has 26 heavy (non-hydrogen) atoms. The average Bonchev–Trinajstić information content (AvgIpc) is 2.99. The Kier molecular flexibility index (Phi) is 11.3. The molecule has 0 unspecified atom stereocenters. The molecule has 0 aromatic rings. The lowest BCUT2D eigenvalue weighted by Gasteiger charge is -2.28. The Morgan fingerprint density at radius 3 is 2.12 bits per heavy atom. The number of unbranched alkanes of at least 4 members (excludes halogenated alkanes) is 8. The number of aliphatic hydroxyl groups is 1. The molecule has 1 heterocycles. The predicted molar refractivity (Wildman–Crippen MR) is 108 cm³/mol. The summed E-state index contributed by atoms with van der Waals surface area (Å²) in [7, 11) is 0. The second-order valence-electron chi connectivity index (χ2n) is 9.08. The van der Waals surface area contributed by atoms with Gasteiger partial charge in [0.15, 0.2) is 0 Å². The molecule has 1 aliphatic heterocycles. The van der Waals surface area contributed by atoms with Crippen LogP contribution in [-0.4, -0.2) is 40.4 Å². The molecule has 1 N–H and O–H groups in total. The molecule has 0 aromatic carbocycles. The van der Waals surface area contributed by atoms with E-state index in [-0.39, 0.29) is 12.2 Å². The van der Waals surface area contributed by atoms with Crippen molar-refractivity contribution in [1.82, 2.24) is 4.90 Å². The lowest BCUT2D eigenvalue weighted by Crippen LogP contribution is -2.39. The third-order valence-corrected chi connectivity index (χ3v) is 5.16. The minimum Gasteiger partial charge on any atom is -0.444 e. The van der Waals surface area contributed by atoms with Crippen molar-refractivity contribution < 1.29 is 14.6 Å². The number of hydrogen-bond donors (Lipinski definition) is 1. The maximum Gasteiger partial charge on any atom is 0.410 e. The van der Waals surface area contributed by atoms with Gasteiger partial charge >= 0.3 is 6.09 Å². The number of hydrogen-bond acceptors (Lipinski definition) is 3. The average molecular weight is 370 g/mol. The van der Waals surface area contributed by atoms with E-state index in [4.69, 9.17) is 4.74 Å². The van der Waals surface area contributed by atoms with E-state index in [1.165, 1.54) is 51.4 Å². The highest BCUT2D eigenvalue weighted by Crippen LogP contribution is 2.25. The van der Waals surface area contributed by atoms with Crippen LogP contribution in [0.25, 0.3) is 0 Å². The van der Waals surface area contributed by atoms with Crippen molar-refractivity contribution >= 4 is 6.09 Å². The van der Waals surface area contributed by atoms with Crippen molar-refractivity contribution in [3.05, 3.63) is 0 Å². The second kappa shape index (κ2) is 12.6. The number of ether oxygens (including phenoxy) is 1. The Morgan fingerprint density at radius 1 is 1.04 bits per heavy atom. The van der Waals surface area contributed by atoms with Gasteiger partial charge in [0.05, 0.1) is 6.10 Å². The molecule has 0 radical (unpaired) electrons. The fraction of sp³-hybridized carbons (Fsp3) is 0.955. The van der Waals surface area contributed by atoms with Crippen LogP contribution in [-0.2, 0) is 4.74 Å². The van der Waals surface area contributed by atoms with E-state index in [0.29, 0.717) is 6.04 Å². The van der Waals surface area contributed by atoms with Gasteiger partial charge in [-0.15, -0.1) is 0 Å². The highest BCUT2D eigenvalue weighted by atomic mass is 16.6. The Bertz CT molecular complexity index is 376. The van der Waals surface area contributed by atoms with Crippen LogP contribution in [0.1, 0.15) is 111 Å². The maximum atomic E-state index is 12.3. The third kappa shape index (κ3) is 11.1. The summed E-state index contributed by atoms with van der Waals surface area (Å²) in [6.07, 6.45) is 15.6. The molecule has 4 heteroatoms. The predicted octanol–water partition coefficient (Wildman–Crippen LogP) is 6.06. The van der Waals surface area contributed by atoms with Gasteiger partial charge < -0.3 is 14.7 Å². The fourth-order valence-corrected chi connectivity index (χ4v) is 3.75. The van der Waals surface area contributed by atoms with Crippen LogP contribution >= 0.6 is 0 Å². The zero-order chi connectivity index (χ0) is 19.4. The first-order valence-electron chi connectivity index (χ1n) is 11.0. The molecular weight excluding hydrogens is 326 g/mol. The standard InChI is InChI=1S/C22H43NO3/c1-19(24)15-12-10-8-6-5-7-9-11-13-16-20-17-14-18-23(20)21(25)26-22(2,3)4/h19-20,24H,5-18H2,1-4H3/t19-,20-/m0/s1. The molecule has 1 amide bonds. The number of carbonyl (C=O) groups excluding carboxylic acids is 1. The monoisotopic (exact) mass is 369 g/mol. The van der Waals surface area contributed by atoms with Gasteiger partial charge in [-0.25, -0.2) is 4.79 Å². The van der Waals surface area contributed by atoms with Crippen LogP contribution < -0.4 is 0 Å². The van der Waals surface area contributed by atoms with Crippen LogP contribution in [0.3, 0.4) is 0 Å². The van der Waals surface area contributed by atoms with Gasteiger partial charge in [-0.2, -0.15) is 0 Å². The van der Waals surface area contributed by atoms with Crippen molar-refractivity contribution in [3.63, 3.8) is 0 Å². The third-order valence-electron chi connectivity index (χ3n) is 5.16. The normalized spacial score (nSPS) is 19.0. The number of aliphatic hydroxyl groups excluding tert-OH is 1. The van der Waals surface area contributed by atoms with E-state index in [2.05, 4.69) is 0 Å². The summed E-state index contributed by atoms with van der Waals surface area (Å²) < 4.78 is 5.54. The molecule has 0 bridgehead atoms. The van der Waals surface area contributed by atoms with Crippen molar-refractivity contribution in [2.75, 3.05) is 6.54 Å². The van der Waals surface area contributed by atoms with Crippen molar-refractivity contribution in [2.45, 2.75) is 129 Å². The number of rotatable bonds is 12. The highest BCUT2D eigenvalue weighted by Gasteiger charge is 2.31. The lowest BCUT2D eigenvalue weighted by atomic mass is 10.0. The van der Waals surface area contributed by atoms with Gasteiger partial charge in [0, 0.05) is 12.6 Å². The molecule has 4 nitrogen and oxygen atoms in total. The number of nitrogens with zero attached hydrogens (tertiary/aromatic N) is 1. The van der Waals surface area contributed by atoms with Crippen LogP contribution in [0.5, 0.6) is 0 Å². The number of likely N-dealkylation sites (tertiary alicyclic amines) is 1. The lowest BCUT2D eigenvalue weighted by molar-refractivity contribution is 0.0218. The summed E-state index contributed by atoms with van der Waals surface area (Å²) in [6.45, 7) is 8.53. The van der Waals surface area contributed by atoms with Gasteiger partial charge in [0.2, 0.25) is 0 Å². The molecular formula is C22H43NO3. The first-order valence-corrected chi connectivity index (χ1v) is 11.0. The highest BCUT2D eigenvalue weighted by molar-refractivity contribution is 5.68. The largest absolute Gasteiger partial charge is 0.444 e. The first kappa shape index (κ1) is 23.3.